The van der Waals surface area contributed by atoms with Gasteiger partial charge in [-0.2, -0.15) is 10.5 Å². The van der Waals surface area contributed by atoms with Crippen molar-refractivity contribution in [3.8, 4) is 12.1 Å². The van der Waals surface area contributed by atoms with E-state index in [1.165, 1.54) is 0 Å². The predicted molar refractivity (Wildman–Crippen MR) is 69.5 cm³/mol. The van der Waals surface area contributed by atoms with Gasteiger partial charge in [0.05, 0.1) is 11.1 Å². The predicted octanol–water partition coefficient (Wildman–Crippen LogP) is 2.64. The number of halogens is 1. The van der Waals surface area contributed by atoms with E-state index in [0.29, 0.717) is 28.9 Å². The molecule has 1 aromatic rings. The summed E-state index contributed by atoms with van der Waals surface area (Å²) in [6.45, 7) is 3.71. The summed E-state index contributed by atoms with van der Waals surface area (Å²) in [5.41, 5.74) is 1.54. The van der Waals surface area contributed by atoms with Crippen LogP contribution in [0.4, 0.5) is 5.82 Å². The summed E-state index contributed by atoms with van der Waals surface area (Å²) in [7, 11) is 0. The Bertz CT molecular complexity index is 548. The van der Waals surface area contributed by atoms with Crippen molar-refractivity contribution in [2.75, 3.05) is 18.0 Å². The van der Waals surface area contributed by atoms with Gasteiger partial charge in [-0.15, -0.1) is 0 Å². The third kappa shape index (κ3) is 2.00. The normalized spacial score (nSPS) is 14.3. The standard InChI is InChI=1S/C13H13ClN4/c1-2-9-10(7-15)12(14)17-13(11(9)8-16)18-5-3-4-6-18/h2-6H2,1H3. The molecule has 5 heteroatoms. The smallest absolute Gasteiger partial charge is 0.149 e. The highest BCUT2D eigenvalue weighted by Crippen LogP contribution is 2.30. The van der Waals surface area contributed by atoms with Crippen LogP contribution in [0.15, 0.2) is 0 Å². The lowest BCUT2D eigenvalue weighted by Crippen LogP contribution is -2.21. The fourth-order valence-electron chi connectivity index (χ4n) is 2.33. The van der Waals surface area contributed by atoms with Crippen LogP contribution in [0.25, 0.3) is 0 Å². The molecule has 0 bridgehead atoms. The van der Waals surface area contributed by atoms with Crippen molar-refractivity contribution in [2.45, 2.75) is 26.2 Å². The van der Waals surface area contributed by atoms with Crippen LogP contribution in [0.1, 0.15) is 36.5 Å². The molecule has 0 unspecified atom stereocenters. The first kappa shape index (κ1) is 12.7. The Labute approximate surface area is 111 Å². The second-order valence-electron chi connectivity index (χ2n) is 4.23. The maximum Gasteiger partial charge on any atom is 0.149 e. The first-order valence-electron chi connectivity index (χ1n) is 6.00. The van der Waals surface area contributed by atoms with E-state index in [1.807, 2.05) is 13.0 Å². The van der Waals surface area contributed by atoms with E-state index in [0.717, 1.165) is 25.9 Å². The van der Waals surface area contributed by atoms with Crippen LogP contribution >= 0.6 is 11.6 Å². The molecule has 4 nitrogen and oxygen atoms in total. The first-order chi connectivity index (χ1) is 8.72. The average molecular weight is 261 g/mol. The molecule has 92 valence electrons. The summed E-state index contributed by atoms with van der Waals surface area (Å²) in [4.78, 5) is 6.33. The summed E-state index contributed by atoms with van der Waals surface area (Å²) >= 11 is 6.05. The monoisotopic (exact) mass is 260 g/mol. The molecular formula is C13H13ClN4. The van der Waals surface area contributed by atoms with Crippen LogP contribution in [0, 0.1) is 22.7 Å². The quantitative estimate of drug-likeness (QED) is 0.767. The van der Waals surface area contributed by atoms with Gasteiger partial charge >= 0.3 is 0 Å². The molecule has 2 heterocycles. The van der Waals surface area contributed by atoms with Crippen molar-refractivity contribution in [2.24, 2.45) is 0 Å². The molecule has 1 aliphatic heterocycles. The summed E-state index contributed by atoms with van der Waals surface area (Å²) in [6.07, 6.45) is 2.81. The number of hydrogen-bond acceptors (Lipinski definition) is 4. The lowest BCUT2D eigenvalue weighted by molar-refractivity contribution is 0.924. The van der Waals surface area contributed by atoms with E-state index in [2.05, 4.69) is 16.0 Å². The summed E-state index contributed by atoms with van der Waals surface area (Å²) in [5.74, 6) is 0.635. The number of rotatable bonds is 2. The van der Waals surface area contributed by atoms with E-state index in [1.54, 1.807) is 0 Å². The lowest BCUT2D eigenvalue weighted by atomic mass is 10.0. The van der Waals surface area contributed by atoms with Gasteiger partial charge in [-0.1, -0.05) is 18.5 Å². The number of aromatic nitrogens is 1. The largest absolute Gasteiger partial charge is 0.355 e. The molecule has 0 N–H and O–H groups in total. The molecular weight excluding hydrogens is 248 g/mol. The molecule has 0 aliphatic carbocycles. The van der Waals surface area contributed by atoms with Gasteiger partial charge in [0.2, 0.25) is 0 Å². The van der Waals surface area contributed by atoms with Crippen molar-refractivity contribution in [1.29, 1.82) is 10.5 Å². The molecule has 1 fully saturated rings. The SMILES string of the molecule is CCc1c(C#N)c(Cl)nc(N2CCCC2)c1C#N. The maximum atomic E-state index is 9.33. The minimum absolute atomic E-state index is 0.204. The van der Waals surface area contributed by atoms with Crippen LogP contribution in [0.3, 0.4) is 0 Å². The fourth-order valence-corrected chi connectivity index (χ4v) is 2.57. The van der Waals surface area contributed by atoms with Crippen LogP contribution in [0.5, 0.6) is 0 Å². The zero-order chi connectivity index (χ0) is 13.1. The highest BCUT2D eigenvalue weighted by molar-refractivity contribution is 6.30. The van der Waals surface area contributed by atoms with Crippen molar-refractivity contribution in [3.05, 3.63) is 21.8 Å². The molecule has 1 aromatic heterocycles. The molecule has 18 heavy (non-hydrogen) atoms. The Morgan fingerprint density at radius 1 is 1.22 bits per heavy atom. The molecule has 0 saturated carbocycles. The second-order valence-corrected chi connectivity index (χ2v) is 4.58. The summed E-state index contributed by atoms with van der Waals surface area (Å²) < 4.78 is 0. The number of pyridine rings is 1. The number of anilines is 1. The third-order valence-corrected chi connectivity index (χ3v) is 3.49. The Morgan fingerprint density at radius 2 is 1.83 bits per heavy atom. The topological polar surface area (TPSA) is 63.7 Å². The number of nitriles is 2. The molecule has 0 amide bonds. The van der Waals surface area contributed by atoms with Gasteiger partial charge in [-0.05, 0) is 24.8 Å². The molecule has 1 saturated heterocycles. The molecule has 0 aromatic carbocycles. The van der Waals surface area contributed by atoms with Gasteiger partial charge in [0.1, 0.15) is 23.1 Å². The van der Waals surface area contributed by atoms with Crippen LogP contribution in [-0.4, -0.2) is 18.1 Å². The van der Waals surface area contributed by atoms with Crippen LogP contribution < -0.4 is 4.90 Å². The van der Waals surface area contributed by atoms with E-state index in [9.17, 15) is 5.26 Å². The second kappa shape index (κ2) is 5.25. The van der Waals surface area contributed by atoms with Gasteiger partial charge in [-0.3, -0.25) is 0 Å². The van der Waals surface area contributed by atoms with Gasteiger partial charge < -0.3 is 4.90 Å². The number of hydrogen-bond donors (Lipinski definition) is 0. The summed E-state index contributed by atoms with van der Waals surface area (Å²) in [6, 6.07) is 4.22. The maximum absolute atomic E-state index is 9.33. The summed E-state index contributed by atoms with van der Waals surface area (Å²) in [5, 5.41) is 18.6. The molecule has 0 atom stereocenters. The Balaban J connectivity index is 2.64. The van der Waals surface area contributed by atoms with Gasteiger partial charge in [0, 0.05) is 13.1 Å². The zero-order valence-corrected chi connectivity index (χ0v) is 11.0. The Hall–Kier alpha value is -1.78. The lowest BCUT2D eigenvalue weighted by Gasteiger charge is -2.20. The van der Waals surface area contributed by atoms with Gasteiger partial charge in [-0.25, -0.2) is 4.98 Å². The van der Waals surface area contributed by atoms with Crippen LogP contribution in [0.2, 0.25) is 5.15 Å². The molecule has 0 radical (unpaired) electrons. The molecule has 1 aliphatic rings. The fraction of sp³-hybridized carbons (Fsp3) is 0.462. The Morgan fingerprint density at radius 3 is 2.33 bits per heavy atom. The van der Waals surface area contributed by atoms with Crippen molar-refractivity contribution < 1.29 is 0 Å². The van der Waals surface area contributed by atoms with E-state index >= 15 is 0 Å². The van der Waals surface area contributed by atoms with Crippen molar-refractivity contribution >= 4 is 17.4 Å². The Kier molecular flexibility index (Phi) is 3.69. The van der Waals surface area contributed by atoms with E-state index in [-0.39, 0.29) is 5.15 Å². The minimum atomic E-state index is 0.204. The number of nitrogens with zero attached hydrogens (tertiary/aromatic N) is 4. The highest BCUT2D eigenvalue weighted by atomic mass is 35.5. The third-order valence-electron chi connectivity index (χ3n) is 3.22. The molecule has 2 rings (SSSR count). The highest BCUT2D eigenvalue weighted by Gasteiger charge is 2.23. The average Bonchev–Trinajstić information content (AvgIpc) is 2.90. The molecule has 0 spiro atoms. The van der Waals surface area contributed by atoms with Gasteiger partial charge in [0.25, 0.3) is 0 Å². The van der Waals surface area contributed by atoms with Crippen molar-refractivity contribution in [3.63, 3.8) is 0 Å². The van der Waals surface area contributed by atoms with Gasteiger partial charge in [0.15, 0.2) is 0 Å². The van der Waals surface area contributed by atoms with E-state index in [4.69, 9.17) is 16.9 Å². The van der Waals surface area contributed by atoms with Crippen molar-refractivity contribution in [1.82, 2.24) is 4.98 Å². The zero-order valence-electron chi connectivity index (χ0n) is 10.2. The van der Waals surface area contributed by atoms with E-state index < -0.39 is 0 Å². The van der Waals surface area contributed by atoms with Crippen LogP contribution in [-0.2, 0) is 6.42 Å². The first-order valence-corrected chi connectivity index (χ1v) is 6.38. The minimum Gasteiger partial charge on any atom is -0.355 e.